The van der Waals surface area contributed by atoms with Gasteiger partial charge in [-0.1, -0.05) is 11.6 Å². The molecule has 1 aromatic rings. The number of benzene rings is 1. The molecule has 6 heteroatoms. The van der Waals surface area contributed by atoms with Crippen molar-refractivity contribution >= 4 is 23.5 Å². The zero-order chi connectivity index (χ0) is 15.4. The maximum absolute atomic E-state index is 12.0. The van der Waals surface area contributed by atoms with Gasteiger partial charge in [-0.25, -0.2) is 4.79 Å². The molecule has 1 N–H and O–H groups in total. The number of carbonyl (C=O) groups excluding carboxylic acids is 3. The topological polar surface area (TPSA) is 75.7 Å². The van der Waals surface area contributed by atoms with Gasteiger partial charge in [-0.05, 0) is 25.5 Å². The first kappa shape index (κ1) is 15.0. The third-order valence-electron chi connectivity index (χ3n) is 3.36. The van der Waals surface area contributed by atoms with Crippen molar-refractivity contribution in [2.75, 3.05) is 25.5 Å². The Balaban J connectivity index is 2.09. The number of anilines is 1. The van der Waals surface area contributed by atoms with Crippen molar-refractivity contribution in [1.29, 1.82) is 0 Å². The molecule has 1 aliphatic rings. The first-order chi connectivity index (χ1) is 10.0. The van der Waals surface area contributed by atoms with Crippen molar-refractivity contribution in [3.8, 4) is 0 Å². The molecule has 0 spiro atoms. The Labute approximate surface area is 123 Å². The van der Waals surface area contributed by atoms with E-state index < -0.39 is 5.97 Å². The van der Waals surface area contributed by atoms with Crippen LogP contribution in [0.2, 0.25) is 0 Å². The summed E-state index contributed by atoms with van der Waals surface area (Å²) in [6.45, 7) is 2.46. The van der Waals surface area contributed by atoms with E-state index in [1.54, 1.807) is 18.2 Å². The fourth-order valence-electron chi connectivity index (χ4n) is 2.28. The minimum atomic E-state index is -0.508. The molecule has 6 nitrogen and oxygen atoms in total. The first-order valence-electron chi connectivity index (χ1n) is 6.78. The molecule has 0 atom stereocenters. The van der Waals surface area contributed by atoms with E-state index in [4.69, 9.17) is 4.74 Å². The Morgan fingerprint density at radius 2 is 2.14 bits per heavy atom. The second-order valence-electron chi connectivity index (χ2n) is 5.01. The fourth-order valence-corrected chi connectivity index (χ4v) is 2.28. The second kappa shape index (κ2) is 6.39. The second-order valence-corrected chi connectivity index (χ2v) is 5.01. The predicted molar refractivity (Wildman–Crippen MR) is 77.0 cm³/mol. The Hall–Kier alpha value is -2.37. The number of rotatable bonds is 4. The summed E-state index contributed by atoms with van der Waals surface area (Å²) >= 11 is 0. The lowest BCUT2D eigenvalue weighted by atomic mass is 10.1. The number of hydrogen-bond acceptors (Lipinski definition) is 4. The van der Waals surface area contributed by atoms with Crippen LogP contribution in [-0.4, -0.2) is 42.9 Å². The van der Waals surface area contributed by atoms with E-state index in [9.17, 15) is 14.4 Å². The largest absolute Gasteiger partial charge is 0.465 e. The lowest BCUT2D eigenvalue weighted by Gasteiger charge is -2.16. The number of hydrogen-bond donors (Lipinski definition) is 1. The number of amides is 2. The van der Waals surface area contributed by atoms with E-state index in [2.05, 4.69) is 5.32 Å². The number of nitrogens with one attached hydrogen (secondary N) is 1. The third kappa shape index (κ3) is 3.59. The van der Waals surface area contributed by atoms with Crippen molar-refractivity contribution in [2.24, 2.45) is 0 Å². The molecule has 0 unspecified atom stereocenters. The van der Waals surface area contributed by atoms with Crippen LogP contribution in [0.5, 0.6) is 0 Å². The van der Waals surface area contributed by atoms with Gasteiger partial charge < -0.3 is 15.0 Å². The van der Waals surface area contributed by atoms with Crippen LogP contribution in [0.1, 0.15) is 28.8 Å². The van der Waals surface area contributed by atoms with Crippen LogP contribution in [0.3, 0.4) is 0 Å². The smallest absolute Gasteiger partial charge is 0.339 e. The number of esters is 1. The number of ether oxygens (including phenoxy) is 1. The van der Waals surface area contributed by atoms with Crippen molar-refractivity contribution in [3.63, 3.8) is 0 Å². The standard InChI is InChI=1S/C15H18N2O4/c1-10-5-6-12(11(8-10)15(20)21-2)16-13(18)9-17-7-3-4-14(17)19/h5-6,8H,3-4,7,9H2,1-2H3,(H,16,18). The van der Waals surface area contributed by atoms with Crippen LogP contribution < -0.4 is 5.32 Å². The van der Waals surface area contributed by atoms with Gasteiger partial charge >= 0.3 is 5.97 Å². The van der Waals surface area contributed by atoms with Crippen molar-refractivity contribution in [2.45, 2.75) is 19.8 Å². The van der Waals surface area contributed by atoms with Gasteiger partial charge in [0.1, 0.15) is 0 Å². The third-order valence-corrected chi connectivity index (χ3v) is 3.36. The normalized spacial score (nSPS) is 14.2. The fraction of sp³-hybridized carbons (Fsp3) is 0.400. The average molecular weight is 290 g/mol. The molecule has 1 aliphatic heterocycles. The number of carbonyl (C=O) groups is 3. The van der Waals surface area contributed by atoms with E-state index in [1.807, 2.05) is 6.92 Å². The highest BCUT2D eigenvalue weighted by molar-refractivity contribution is 6.02. The molecule has 112 valence electrons. The summed E-state index contributed by atoms with van der Waals surface area (Å²) in [5, 5.41) is 2.67. The predicted octanol–water partition coefficient (Wildman–Crippen LogP) is 1.34. The van der Waals surface area contributed by atoms with Crippen LogP contribution >= 0.6 is 0 Å². The summed E-state index contributed by atoms with van der Waals surface area (Å²) in [6, 6.07) is 5.11. The minimum absolute atomic E-state index is 0.00726. The molecule has 0 radical (unpaired) electrons. The van der Waals surface area contributed by atoms with Gasteiger partial charge in [0.2, 0.25) is 11.8 Å². The SMILES string of the molecule is COC(=O)c1cc(C)ccc1NC(=O)CN1CCCC1=O. The van der Waals surface area contributed by atoms with Crippen LogP contribution in [0.4, 0.5) is 5.69 Å². The minimum Gasteiger partial charge on any atom is -0.465 e. The van der Waals surface area contributed by atoms with Crippen LogP contribution in [0.25, 0.3) is 0 Å². The molecule has 1 fully saturated rings. The van der Waals surface area contributed by atoms with Gasteiger partial charge in [-0.15, -0.1) is 0 Å². The molecule has 1 aromatic carbocycles. The van der Waals surface area contributed by atoms with E-state index >= 15 is 0 Å². The first-order valence-corrected chi connectivity index (χ1v) is 6.78. The van der Waals surface area contributed by atoms with E-state index in [-0.39, 0.29) is 18.4 Å². The van der Waals surface area contributed by atoms with E-state index in [1.165, 1.54) is 12.0 Å². The molecule has 0 saturated carbocycles. The van der Waals surface area contributed by atoms with Gasteiger partial charge in [-0.3, -0.25) is 9.59 Å². The summed E-state index contributed by atoms with van der Waals surface area (Å²) in [4.78, 5) is 36.7. The summed E-state index contributed by atoms with van der Waals surface area (Å²) in [5.41, 5.74) is 1.59. The Morgan fingerprint density at radius 1 is 1.38 bits per heavy atom. The summed E-state index contributed by atoms with van der Waals surface area (Å²) in [7, 11) is 1.29. The lowest BCUT2D eigenvalue weighted by molar-refractivity contribution is -0.131. The Kier molecular flexibility index (Phi) is 4.57. The van der Waals surface area contributed by atoms with E-state index in [0.29, 0.717) is 24.2 Å². The highest BCUT2D eigenvalue weighted by Crippen LogP contribution is 2.19. The van der Waals surface area contributed by atoms with Gasteiger partial charge in [0.05, 0.1) is 24.9 Å². The zero-order valence-electron chi connectivity index (χ0n) is 12.1. The van der Waals surface area contributed by atoms with Gasteiger partial charge in [0, 0.05) is 13.0 Å². The quantitative estimate of drug-likeness (QED) is 0.849. The summed E-state index contributed by atoms with van der Waals surface area (Å²) in [6.07, 6.45) is 1.27. The molecule has 1 heterocycles. The average Bonchev–Trinajstić information content (AvgIpc) is 2.85. The number of likely N-dealkylation sites (tertiary alicyclic amines) is 1. The highest BCUT2D eigenvalue weighted by atomic mass is 16.5. The Morgan fingerprint density at radius 3 is 2.76 bits per heavy atom. The number of methoxy groups -OCH3 is 1. The summed E-state index contributed by atoms with van der Waals surface area (Å²) in [5.74, 6) is -0.840. The van der Waals surface area contributed by atoms with E-state index in [0.717, 1.165) is 12.0 Å². The summed E-state index contributed by atoms with van der Waals surface area (Å²) < 4.78 is 4.71. The number of aryl methyl sites for hydroxylation is 1. The van der Waals surface area contributed by atoms with Crippen LogP contribution in [0.15, 0.2) is 18.2 Å². The highest BCUT2D eigenvalue weighted by Gasteiger charge is 2.23. The lowest BCUT2D eigenvalue weighted by Crippen LogP contribution is -2.34. The van der Waals surface area contributed by atoms with Crippen molar-refractivity contribution < 1.29 is 19.1 Å². The number of nitrogens with zero attached hydrogens (tertiary/aromatic N) is 1. The maximum atomic E-state index is 12.0. The molecule has 21 heavy (non-hydrogen) atoms. The van der Waals surface area contributed by atoms with Crippen LogP contribution in [-0.2, 0) is 14.3 Å². The van der Waals surface area contributed by atoms with Gasteiger partial charge in [-0.2, -0.15) is 0 Å². The van der Waals surface area contributed by atoms with Crippen molar-refractivity contribution in [1.82, 2.24) is 4.90 Å². The Bertz CT molecular complexity index is 583. The zero-order valence-corrected chi connectivity index (χ0v) is 12.1. The van der Waals surface area contributed by atoms with Crippen molar-refractivity contribution in [3.05, 3.63) is 29.3 Å². The van der Waals surface area contributed by atoms with Gasteiger partial charge in [0.25, 0.3) is 0 Å². The molecule has 1 saturated heterocycles. The molecular weight excluding hydrogens is 272 g/mol. The molecule has 0 bridgehead atoms. The molecule has 2 rings (SSSR count). The van der Waals surface area contributed by atoms with Gasteiger partial charge in [0.15, 0.2) is 0 Å². The molecule has 2 amide bonds. The molecule has 0 aromatic heterocycles. The monoisotopic (exact) mass is 290 g/mol. The molecule has 0 aliphatic carbocycles. The molecular formula is C15H18N2O4. The maximum Gasteiger partial charge on any atom is 0.339 e. The van der Waals surface area contributed by atoms with Crippen LogP contribution in [0, 0.1) is 6.92 Å².